The summed E-state index contributed by atoms with van der Waals surface area (Å²) in [5.41, 5.74) is 1.56. The number of hydrogen-bond donors (Lipinski definition) is 0. The minimum Gasteiger partial charge on any atom is -0.488 e. The molecule has 106 valence electrons. The van der Waals surface area contributed by atoms with Crippen molar-refractivity contribution < 1.29 is 9.47 Å². The van der Waals surface area contributed by atoms with Crippen LogP contribution in [0.3, 0.4) is 0 Å². The van der Waals surface area contributed by atoms with E-state index < -0.39 is 0 Å². The molecule has 2 rings (SSSR count). The molecule has 3 heteroatoms. The quantitative estimate of drug-likeness (QED) is 0.756. The molecule has 0 saturated heterocycles. The van der Waals surface area contributed by atoms with Crippen molar-refractivity contribution in [2.75, 3.05) is 7.11 Å². The number of benzene rings is 1. The lowest BCUT2D eigenvalue weighted by molar-refractivity contribution is -0.0583. The summed E-state index contributed by atoms with van der Waals surface area (Å²) in [6.07, 6.45) is 2.06. The molecule has 1 aliphatic rings. The Morgan fingerprint density at radius 1 is 1.26 bits per heavy atom. The first-order valence-electron chi connectivity index (χ1n) is 6.92. The average Bonchev–Trinajstić information content (AvgIpc) is 2.39. The second kappa shape index (κ2) is 5.72. The van der Waals surface area contributed by atoms with Crippen LogP contribution in [0, 0.1) is 0 Å². The van der Waals surface area contributed by atoms with Gasteiger partial charge < -0.3 is 9.47 Å². The van der Waals surface area contributed by atoms with Crippen LogP contribution in [-0.2, 0) is 10.2 Å². The highest BCUT2D eigenvalue weighted by Crippen LogP contribution is 2.33. The zero-order valence-corrected chi connectivity index (χ0v) is 12.9. The molecule has 0 amide bonds. The molecule has 0 radical (unpaired) electrons. The molecule has 1 fully saturated rings. The lowest BCUT2D eigenvalue weighted by Crippen LogP contribution is -2.52. The number of methoxy groups -OCH3 is 1. The SMILES string of the molecule is CCC(C)(C)c1ccc(OC2CC(Cl)C2OC)cc1. The minimum absolute atomic E-state index is 0.00780. The minimum atomic E-state index is 0.00780. The van der Waals surface area contributed by atoms with Crippen LogP contribution in [-0.4, -0.2) is 24.7 Å². The fourth-order valence-electron chi connectivity index (χ4n) is 2.31. The highest BCUT2D eigenvalue weighted by Gasteiger charge is 2.42. The van der Waals surface area contributed by atoms with Gasteiger partial charge in [0.2, 0.25) is 0 Å². The van der Waals surface area contributed by atoms with Gasteiger partial charge >= 0.3 is 0 Å². The second-order valence-electron chi connectivity index (χ2n) is 5.87. The molecule has 1 aromatic rings. The number of hydrogen-bond acceptors (Lipinski definition) is 2. The van der Waals surface area contributed by atoms with Gasteiger partial charge in [-0.3, -0.25) is 0 Å². The van der Waals surface area contributed by atoms with E-state index in [1.165, 1.54) is 5.56 Å². The van der Waals surface area contributed by atoms with Crippen LogP contribution in [0.4, 0.5) is 0 Å². The Balaban J connectivity index is 2.00. The fourth-order valence-corrected chi connectivity index (χ4v) is 2.75. The van der Waals surface area contributed by atoms with Gasteiger partial charge in [0.25, 0.3) is 0 Å². The summed E-state index contributed by atoms with van der Waals surface area (Å²) in [5.74, 6) is 0.895. The summed E-state index contributed by atoms with van der Waals surface area (Å²) in [4.78, 5) is 0. The molecule has 2 nitrogen and oxygen atoms in total. The molecule has 0 spiro atoms. The molecule has 19 heavy (non-hydrogen) atoms. The Kier molecular flexibility index (Phi) is 4.42. The first-order valence-corrected chi connectivity index (χ1v) is 7.35. The Hall–Kier alpha value is -0.730. The molecule has 0 heterocycles. The molecule has 0 N–H and O–H groups in total. The van der Waals surface area contributed by atoms with E-state index in [4.69, 9.17) is 21.1 Å². The average molecular weight is 283 g/mol. The van der Waals surface area contributed by atoms with Crippen molar-refractivity contribution in [3.05, 3.63) is 29.8 Å². The third-order valence-electron chi connectivity index (χ3n) is 4.26. The Bertz CT molecular complexity index is 413. The summed E-state index contributed by atoms with van der Waals surface area (Å²) in [6.45, 7) is 6.73. The van der Waals surface area contributed by atoms with Gasteiger partial charge in [0.1, 0.15) is 18.0 Å². The lowest BCUT2D eigenvalue weighted by Gasteiger charge is -2.39. The molecular formula is C16H23ClO2. The van der Waals surface area contributed by atoms with Crippen molar-refractivity contribution in [1.29, 1.82) is 0 Å². The maximum Gasteiger partial charge on any atom is 0.128 e. The van der Waals surface area contributed by atoms with E-state index in [0.29, 0.717) is 0 Å². The fraction of sp³-hybridized carbons (Fsp3) is 0.625. The Morgan fingerprint density at radius 2 is 1.89 bits per heavy atom. The van der Waals surface area contributed by atoms with Gasteiger partial charge in [-0.15, -0.1) is 11.6 Å². The summed E-state index contributed by atoms with van der Waals surface area (Å²) < 4.78 is 11.2. The third kappa shape index (κ3) is 3.06. The number of rotatable bonds is 5. The highest BCUT2D eigenvalue weighted by atomic mass is 35.5. The molecule has 1 saturated carbocycles. The summed E-state index contributed by atoms with van der Waals surface area (Å²) >= 11 is 6.07. The van der Waals surface area contributed by atoms with Crippen LogP contribution < -0.4 is 4.74 Å². The molecule has 0 aromatic heterocycles. The molecule has 3 atom stereocenters. The van der Waals surface area contributed by atoms with Crippen molar-refractivity contribution in [2.24, 2.45) is 0 Å². The number of alkyl halides is 1. The third-order valence-corrected chi connectivity index (χ3v) is 4.69. The van der Waals surface area contributed by atoms with Crippen molar-refractivity contribution in [3.8, 4) is 5.75 Å². The predicted octanol–water partition coefficient (Wildman–Crippen LogP) is 4.15. The highest BCUT2D eigenvalue weighted by molar-refractivity contribution is 6.21. The molecule has 1 aromatic carbocycles. The zero-order valence-electron chi connectivity index (χ0n) is 12.2. The van der Waals surface area contributed by atoms with Crippen LogP contribution in [0.25, 0.3) is 0 Å². The number of halogens is 1. The largest absolute Gasteiger partial charge is 0.488 e. The molecule has 1 aliphatic carbocycles. The summed E-state index contributed by atoms with van der Waals surface area (Å²) in [5, 5.41) is 0.0771. The van der Waals surface area contributed by atoms with E-state index >= 15 is 0 Å². The van der Waals surface area contributed by atoms with Crippen LogP contribution >= 0.6 is 11.6 Å². The van der Waals surface area contributed by atoms with E-state index in [9.17, 15) is 0 Å². The zero-order chi connectivity index (χ0) is 14.0. The van der Waals surface area contributed by atoms with Gasteiger partial charge in [0.05, 0.1) is 5.38 Å². The first kappa shape index (κ1) is 14.7. The predicted molar refractivity (Wildman–Crippen MR) is 79.2 cm³/mol. The van der Waals surface area contributed by atoms with Gasteiger partial charge in [-0.1, -0.05) is 32.9 Å². The normalized spacial score (nSPS) is 26.9. The van der Waals surface area contributed by atoms with Gasteiger partial charge in [-0.25, -0.2) is 0 Å². The smallest absolute Gasteiger partial charge is 0.128 e. The van der Waals surface area contributed by atoms with E-state index in [0.717, 1.165) is 18.6 Å². The summed E-state index contributed by atoms with van der Waals surface area (Å²) in [7, 11) is 1.68. The standard InChI is InChI=1S/C16H23ClO2/c1-5-16(2,3)11-6-8-12(9-7-11)19-14-10-13(17)15(14)18-4/h6-9,13-15H,5,10H2,1-4H3. The van der Waals surface area contributed by atoms with Gasteiger partial charge in [-0.2, -0.15) is 0 Å². The van der Waals surface area contributed by atoms with Crippen molar-refractivity contribution in [2.45, 2.75) is 56.6 Å². The van der Waals surface area contributed by atoms with Crippen molar-refractivity contribution >= 4 is 11.6 Å². The lowest BCUT2D eigenvalue weighted by atomic mass is 9.82. The molecule has 3 unspecified atom stereocenters. The monoisotopic (exact) mass is 282 g/mol. The topological polar surface area (TPSA) is 18.5 Å². The number of ether oxygens (including phenoxy) is 2. The van der Waals surface area contributed by atoms with Gasteiger partial charge in [-0.05, 0) is 29.5 Å². The van der Waals surface area contributed by atoms with Gasteiger partial charge in [0, 0.05) is 13.5 Å². The first-order chi connectivity index (χ1) is 8.97. The van der Waals surface area contributed by atoms with Gasteiger partial charge in [0.15, 0.2) is 0 Å². The van der Waals surface area contributed by atoms with Crippen LogP contribution in [0.2, 0.25) is 0 Å². The van der Waals surface area contributed by atoms with Crippen LogP contribution in [0.5, 0.6) is 5.75 Å². The van der Waals surface area contributed by atoms with E-state index in [1.807, 2.05) is 12.1 Å². The van der Waals surface area contributed by atoms with E-state index in [1.54, 1.807) is 7.11 Å². The van der Waals surface area contributed by atoms with E-state index in [2.05, 4.69) is 32.9 Å². The maximum absolute atomic E-state index is 6.07. The second-order valence-corrected chi connectivity index (χ2v) is 6.43. The molecule has 0 aliphatic heterocycles. The Morgan fingerprint density at radius 3 is 2.37 bits per heavy atom. The van der Waals surface area contributed by atoms with Crippen molar-refractivity contribution in [1.82, 2.24) is 0 Å². The Labute approximate surface area is 121 Å². The van der Waals surface area contributed by atoms with Crippen molar-refractivity contribution in [3.63, 3.8) is 0 Å². The molecule has 0 bridgehead atoms. The maximum atomic E-state index is 6.07. The van der Waals surface area contributed by atoms with Crippen LogP contribution in [0.15, 0.2) is 24.3 Å². The summed E-state index contributed by atoms with van der Waals surface area (Å²) in [6, 6.07) is 8.39. The molecular weight excluding hydrogens is 260 g/mol. The van der Waals surface area contributed by atoms with E-state index in [-0.39, 0.29) is 23.0 Å². The van der Waals surface area contributed by atoms with Crippen LogP contribution in [0.1, 0.15) is 39.2 Å².